The number of aromatic nitrogens is 4. The van der Waals surface area contributed by atoms with E-state index in [0.717, 1.165) is 15.6 Å². The predicted molar refractivity (Wildman–Crippen MR) is 107 cm³/mol. The molecule has 0 spiro atoms. The molecule has 0 bridgehead atoms. The highest BCUT2D eigenvalue weighted by Crippen LogP contribution is 2.20. The maximum absolute atomic E-state index is 13.7. The second-order valence-corrected chi connectivity index (χ2v) is 7.11. The number of nitrogens with one attached hydrogen (secondary N) is 1. The fourth-order valence-corrected chi connectivity index (χ4v) is 3.24. The highest BCUT2D eigenvalue weighted by molar-refractivity contribution is 5.91. The fraction of sp³-hybridized carbons (Fsp3) is 0.238. The summed E-state index contributed by atoms with van der Waals surface area (Å²) in [5, 5.41) is 7.75. The van der Waals surface area contributed by atoms with Gasteiger partial charge in [-0.25, -0.2) is 23.3 Å². The van der Waals surface area contributed by atoms with Gasteiger partial charge >= 0.3 is 5.69 Å². The third-order valence-corrected chi connectivity index (χ3v) is 4.69. The minimum Gasteiger partial charge on any atom is -0.350 e. The first-order valence-corrected chi connectivity index (χ1v) is 9.34. The molecule has 29 heavy (non-hydrogen) atoms. The van der Waals surface area contributed by atoms with E-state index in [4.69, 9.17) is 0 Å². The van der Waals surface area contributed by atoms with Crippen molar-refractivity contribution in [1.29, 1.82) is 0 Å². The number of halogens is 1. The topological polar surface area (TPSA) is 81.3 Å². The van der Waals surface area contributed by atoms with E-state index < -0.39 is 17.4 Å². The quantitative estimate of drug-likeness (QED) is 0.565. The Hall–Kier alpha value is -3.55. The van der Waals surface area contributed by atoms with Gasteiger partial charge in [0.05, 0.1) is 5.52 Å². The molecule has 0 aliphatic heterocycles. The molecule has 7 nitrogen and oxygen atoms in total. The normalized spacial score (nSPS) is 11.4. The molecule has 0 aliphatic carbocycles. The first-order chi connectivity index (χ1) is 14.0. The largest absolute Gasteiger partial charge is 0.352 e. The Morgan fingerprint density at radius 2 is 1.86 bits per heavy atom. The number of nitrogens with zero attached hydrogens (tertiary/aromatic N) is 4. The number of hydrogen-bond donors (Lipinski definition) is 1. The Morgan fingerprint density at radius 1 is 1.14 bits per heavy atom. The van der Waals surface area contributed by atoms with E-state index in [0.29, 0.717) is 17.0 Å². The Labute approximate surface area is 165 Å². The van der Waals surface area contributed by atoms with Gasteiger partial charge in [-0.1, -0.05) is 44.2 Å². The molecule has 0 saturated carbocycles. The summed E-state index contributed by atoms with van der Waals surface area (Å²) < 4.78 is 16.3. The number of benzene rings is 2. The Balaban J connectivity index is 1.68. The lowest BCUT2D eigenvalue weighted by atomic mass is 10.2. The third kappa shape index (κ3) is 3.49. The Morgan fingerprint density at radius 3 is 2.62 bits per heavy atom. The summed E-state index contributed by atoms with van der Waals surface area (Å²) in [5.74, 6) is -0.243. The van der Waals surface area contributed by atoms with Gasteiger partial charge in [0.2, 0.25) is 5.91 Å². The minimum atomic E-state index is -0.429. The third-order valence-electron chi connectivity index (χ3n) is 4.69. The van der Waals surface area contributed by atoms with Gasteiger partial charge < -0.3 is 5.32 Å². The molecule has 2 heterocycles. The van der Waals surface area contributed by atoms with Crippen LogP contribution in [0.3, 0.4) is 0 Å². The van der Waals surface area contributed by atoms with Crippen molar-refractivity contribution in [1.82, 2.24) is 24.5 Å². The number of fused-ring (bicyclic) bond motifs is 3. The van der Waals surface area contributed by atoms with Crippen molar-refractivity contribution in [3.8, 4) is 0 Å². The smallest absolute Gasteiger partial charge is 0.350 e. The zero-order valence-corrected chi connectivity index (χ0v) is 16.1. The van der Waals surface area contributed by atoms with Crippen LogP contribution >= 0.6 is 0 Å². The van der Waals surface area contributed by atoms with Crippen LogP contribution in [-0.4, -0.2) is 25.1 Å². The van der Waals surface area contributed by atoms with E-state index >= 15 is 0 Å². The van der Waals surface area contributed by atoms with Gasteiger partial charge in [0.25, 0.3) is 0 Å². The monoisotopic (exact) mass is 393 g/mol. The number of rotatable bonds is 5. The van der Waals surface area contributed by atoms with Crippen LogP contribution < -0.4 is 11.0 Å². The highest BCUT2D eigenvalue weighted by Gasteiger charge is 2.18. The molecule has 0 aliphatic rings. The maximum atomic E-state index is 13.7. The zero-order valence-electron chi connectivity index (χ0n) is 16.1. The second-order valence-electron chi connectivity index (χ2n) is 7.11. The van der Waals surface area contributed by atoms with Gasteiger partial charge in [-0.05, 0) is 18.2 Å². The van der Waals surface area contributed by atoms with E-state index in [9.17, 15) is 14.0 Å². The van der Waals surface area contributed by atoms with Crippen molar-refractivity contribution in [2.75, 3.05) is 0 Å². The van der Waals surface area contributed by atoms with Gasteiger partial charge in [-0.3, -0.25) is 4.79 Å². The van der Waals surface area contributed by atoms with Crippen molar-refractivity contribution in [2.45, 2.75) is 32.9 Å². The molecule has 2 aromatic heterocycles. The molecule has 0 fully saturated rings. The van der Waals surface area contributed by atoms with Gasteiger partial charge in [-0.15, -0.1) is 5.10 Å². The molecule has 4 aromatic rings. The summed E-state index contributed by atoms with van der Waals surface area (Å²) in [4.78, 5) is 29.9. The summed E-state index contributed by atoms with van der Waals surface area (Å²) in [7, 11) is 0. The fourth-order valence-electron chi connectivity index (χ4n) is 3.24. The number of hydrogen-bond acceptors (Lipinski definition) is 4. The van der Waals surface area contributed by atoms with Gasteiger partial charge in [0, 0.05) is 23.4 Å². The molecular weight excluding hydrogens is 373 g/mol. The Kier molecular flexibility index (Phi) is 4.84. The van der Waals surface area contributed by atoms with E-state index in [1.165, 1.54) is 10.5 Å². The average molecular weight is 393 g/mol. The molecule has 1 N–H and O–H groups in total. The summed E-state index contributed by atoms with van der Waals surface area (Å²) >= 11 is 0. The van der Waals surface area contributed by atoms with Crippen LogP contribution in [0, 0.1) is 5.82 Å². The second kappa shape index (κ2) is 7.46. The molecule has 0 unspecified atom stereocenters. The van der Waals surface area contributed by atoms with Crippen LogP contribution in [0.25, 0.3) is 16.6 Å². The van der Waals surface area contributed by atoms with Crippen molar-refractivity contribution >= 4 is 22.5 Å². The van der Waals surface area contributed by atoms with Crippen molar-refractivity contribution < 1.29 is 9.18 Å². The molecule has 1 amide bonds. The average Bonchev–Trinajstić information content (AvgIpc) is 3.03. The number of carbonyl (C=O) groups is 1. The molecule has 0 atom stereocenters. The van der Waals surface area contributed by atoms with Crippen LogP contribution in [-0.2, 0) is 17.9 Å². The van der Waals surface area contributed by atoms with E-state index in [-0.39, 0.29) is 19.0 Å². The summed E-state index contributed by atoms with van der Waals surface area (Å²) in [6, 6.07) is 13.6. The summed E-state index contributed by atoms with van der Waals surface area (Å²) in [6.07, 6.45) is 0. The standard InChI is InChI=1S/C21H20FN5O2/c1-13(2)19-24-17-10-6-4-8-15(17)20-25-26(21(29)27(19)20)12-18(28)23-11-14-7-3-5-9-16(14)22/h3-10,13H,11-12H2,1-2H3,(H,23,28). The van der Waals surface area contributed by atoms with E-state index in [1.807, 2.05) is 38.1 Å². The van der Waals surface area contributed by atoms with Crippen LogP contribution in [0.1, 0.15) is 31.2 Å². The first kappa shape index (κ1) is 18.8. The van der Waals surface area contributed by atoms with E-state index in [1.54, 1.807) is 18.2 Å². The molecular formula is C21H20FN5O2. The highest BCUT2D eigenvalue weighted by atomic mass is 19.1. The molecule has 148 valence electrons. The number of amides is 1. The maximum Gasteiger partial charge on any atom is 0.352 e. The Bertz CT molecular complexity index is 1280. The number of carbonyl (C=O) groups excluding carboxylic acids is 1. The first-order valence-electron chi connectivity index (χ1n) is 9.34. The predicted octanol–water partition coefficient (Wildman–Crippen LogP) is 2.62. The number of para-hydroxylation sites is 1. The van der Waals surface area contributed by atoms with Gasteiger partial charge in [0.15, 0.2) is 5.65 Å². The minimum absolute atomic E-state index is 0.00709. The molecule has 0 radical (unpaired) electrons. The molecule has 2 aromatic carbocycles. The van der Waals surface area contributed by atoms with Gasteiger partial charge in [-0.2, -0.15) is 0 Å². The van der Waals surface area contributed by atoms with E-state index in [2.05, 4.69) is 15.4 Å². The van der Waals surface area contributed by atoms with Crippen molar-refractivity contribution in [3.05, 3.63) is 76.2 Å². The van der Waals surface area contributed by atoms with Crippen LogP contribution in [0.4, 0.5) is 4.39 Å². The molecule has 0 saturated heterocycles. The lowest BCUT2D eigenvalue weighted by Crippen LogP contribution is -2.33. The molecule has 8 heteroatoms. The summed E-state index contributed by atoms with van der Waals surface area (Å²) in [6.45, 7) is 3.67. The SMILES string of the molecule is CC(C)c1nc2ccccc2c2nn(CC(=O)NCc3ccccc3F)c(=O)n12. The van der Waals surface area contributed by atoms with Crippen LogP contribution in [0.5, 0.6) is 0 Å². The van der Waals surface area contributed by atoms with Crippen LogP contribution in [0.2, 0.25) is 0 Å². The van der Waals surface area contributed by atoms with Crippen LogP contribution in [0.15, 0.2) is 53.3 Å². The molecule has 4 rings (SSSR count). The lowest BCUT2D eigenvalue weighted by Gasteiger charge is -2.08. The van der Waals surface area contributed by atoms with Crippen molar-refractivity contribution in [2.24, 2.45) is 0 Å². The lowest BCUT2D eigenvalue weighted by molar-refractivity contribution is -0.122. The van der Waals surface area contributed by atoms with Crippen molar-refractivity contribution in [3.63, 3.8) is 0 Å². The zero-order chi connectivity index (χ0) is 20.5. The summed E-state index contributed by atoms with van der Waals surface area (Å²) in [5.41, 5.74) is 1.15. The van der Waals surface area contributed by atoms with Gasteiger partial charge in [0.1, 0.15) is 18.2 Å².